The summed E-state index contributed by atoms with van der Waals surface area (Å²) in [5, 5.41) is 4.19. The largest absolute Gasteiger partial charge is 0.291 e. The van der Waals surface area contributed by atoms with Crippen LogP contribution in [0.3, 0.4) is 0 Å². The van der Waals surface area contributed by atoms with Crippen molar-refractivity contribution in [3.05, 3.63) is 47.5 Å². The Morgan fingerprint density at radius 3 is 2.84 bits per heavy atom. The van der Waals surface area contributed by atoms with Crippen LogP contribution in [0.5, 0.6) is 0 Å². The standard InChI is InChI=1S/C14H14FN3O/c1-2-12(19)13-16-14-10(15)8-11(18(14)17-13)9-6-4-3-5-7-9/h3-7,10-11H,2,8H2,1H3/t10-,11-/m1/s1. The van der Waals surface area contributed by atoms with E-state index in [-0.39, 0.29) is 23.5 Å². The van der Waals surface area contributed by atoms with Crippen molar-refractivity contribution in [3.8, 4) is 0 Å². The molecule has 0 N–H and O–H groups in total. The minimum atomic E-state index is -1.16. The van der Waals surface area contributed by atoms with E-state index in [1.165, 1.54) is 0 Å². The summed E-state index contributed by atoms with van der Waals surface area (Å²) in [5.74, 6) is 0.243. The molecule has 1 aromatic carbocycles. The van der Waals surface area contributed by atoms with Crippen molar-refractivity contribution in [3.63, 3.8) is 0 Å². The molecule has 0 saturated heterocycles. The number of alkyl halides is 1. The second-order valence-corrected chi connectivity index (χ2v) is 4.64. The number of rotatable bonds is 3. The van der Waals surface area contributed by atoms with Crippen LogP contribution in [0, 0.1) is 0 Å². The molecular weight excluding hydrogens is 245 g/mol. The molecule has 1 aliphatic heterocycles. The third-order valence-electron chi connectivity index (χ3n) is 3.42. The third kappa shape index (κ3) is 1.95. The number of hydrogen-bond acceptors (Lipinski definition) is 3. The number of hydrogen-bond donors (Lipinski definition) is 0. The zero-order valence-corrected chi connectivity index (χ0v) is 10.6. The number of Topliss-reactive ketones (excluding diaryl/α,β-unsaturated/α-hetero) is 1. The number of fused-ring (bicyclic) bond motifs is 1. The lowest BCUT2D eigenvalue weighted by Gasteiger charge is -2.11. The summed E-state index contributed by atoms with van der Waals surface area (Å²) < 4.78 is 15.6. The average molecular weight is 259 g/mol. The lowest BCUT2D eigenvalue weighted by molar-refractivity contribution is 0.0977. The van der Waals surface area contributed by atoms with Gasteiger partial charge in [-0.25, -0.2) is 14.1 Å². The number of ketones is 1. The Balaban J connectivity index is 2.02. The van der Waals surface area contributed by atoms with Gasteiger partial charge in [0.25, 0.3) is 0 Å². The van der Waals surface area contributed by atoms with Crippen LogP contribution < -0.4 is 0 Å². The summed E-state index contributed by atoms with van der Waals surface area (Å²) in [4.78, 5) is 15.7. The van der Waals surface area contributed by atoms with Crippen molar-refractivity contribution < 1.29 is 9.18 Å². The fourth-order valence-corrected chi connectivity index (χ4v) is 2.41. The lowest BCUT2D eigenvalue weighted by atomic mass is 10.0. The first-order valence-electron chi connectivity index (χ1n) is 6.39. The van der Waals surface area contributed by atoms with Crippen molar-refractivity contribution in [2.45, 2.75) is 32.0 Å². The normalized spacial score (nSPS) is 21.4. The number of carbonyl (C=O) groups is 1. The molecule has 0 spiro atoms. The van der Waals surface area contributed by atoms with Gasteiger partial charge in [0.2, 0.25) is 11.6 Å². The highest BCUT2D eigenvalue weighted by molar-refractivity contribution is 5.92. The Labute approximate surface area is 110 Å². The van der Waals surface area contributed by atoms with Crippen molar-refractivity contribution in [1.82, 2.24) is 14.8 Å². The van der Waals surface area contributed by atoms with Crippen LogP contribution in [0.15, 0.2) is 30.3 Å². The topological polar surface area (TPSA) is 47.8 Å². The highest BCUT2D eigenvalue weighted by Gasteiger charge is 2.35. The molecule has 2 heterocycles. The maximum absolute atomic E-state index is 14.0. The van der Waals surface area contributed by atoms with Gasteiger partial charge in [0, 0.05) is 12.8 Å². The quantitative estimate of drug-likeness (QED) is 0.796. The minimum absolute atomic E-state index is 0.126. The van der Waals surface area contributed by atoms with Gasteiger partial charge in [0.1, 0.15) is 0 Å². The molecule has 1 aliphatic rings. The maximum Gasteiger partial charge on any atom is 0.217 e. The van der Waals surface area contributed by atoms with Gasteiger partial charge in [0.15, 0.2) is 12.0 Å². The second kappa shape index (κ2) is 4.57. The third-order valence-corrected chi connectivity index (χ3v) is 3.42. The molecule has 0 bridgehead atoms. The van der Waals surface area contributed by atoms with Gasteiger partial charge in [-0.15, -0.1) is 5.10 Å². The first kappa shape index (κ1) is 12.0. The highest BCUT2D eigenvalue weighted by atomic mass is 19.1. The zero-order valence-electron chi connectivity index (χ0n) is 10.6. The Hall–Kier alpha value is -2.04. The fraction of sp³-hybridized carbons (Fsp3) is 0.357. The summed E-state index contributed by atoms with van der Waals surface area (Å²) in [7, 11) is 0. The second-order valence-electron chi connectivity index (χ2n) is 4.64. The van der Waals surface area contributed by atoms with E-state index in [2.05, 4.69) is 10.1 Å². The van der Waals surface area contributed by atoms with Crippen LogP contribution in [0.25, 0.3) is 0 Å². The summed E-state index contributed by atoms with van der Waals surface area (Å²) >= 11 is 0. The summed E-state index contributed by atoms with van der Waals surface area (Å²) in [6, 6.07) is 9.45. The van der Waals surface area contributed by atoms with E-state index < -0.39 is 6.17 Å². The molecule has 3 rings (SSSR count). The van der Waals surface area contributed by atoms with E-state index in [0.29, 0.717) is 12.8 Å². The fourth-order valence-electron chi connectivity index (χ4n) is 2.41. The van der Waals surface area contributed by atoms with Gasteiger partial charge < -0.3 is 0 Å². The molecule has 0 radical (unpaired) electrons. The van der Waals surface area contributed by atoms with Gasteiger partial charge in [-0.3, -0.25) is 4.79 Å². The molecule has 19 heavy (non-hydrogen) atoms. The molecule has 0 amide bonds. The predicted octanol–water partition coefficient (Wildman–Crippen LogP) is 2.87. The van der Waals surface area contributed by atoms with Crippen molar-refractivity contribution in [1.29, 1.82) is 0 Å². The summed E-state index contributed by atoms with van der Waals surface area (Å²) in [6.45, 7) is 1.75. The number of benzene rings is 1. The number of carbonyl (C=O) groups excluding carboxylic acids is 1. The van der Waals surface area contributed by atoms with E-state index in [4.69, 9.17) is 0 Å². The van der Waals surface area contributed by atoms with Gasteiger partial charge in [-0.1, -0.05) is 37.3 Å². The molecule has 0 aliphatic carbocycles. The number of halogens is 1. The van der Waals surface area contributed by atoms with Gasteiger partial charge in [-0.05, 0) is 5.56 Å². The van der Waals surface area contributed by atoms with Crippen LogP contribution in [-0.2, 0) is 0 Å². The minimum Gasteiger partial charge on any atom is -0.291 e. The van der Waals surface area contributed by atoms with Crippen LogP contribution in [-0.4, -0.2) is 20.5 Å². The van der Waals surface area contributed by atoms with Gasteiger partial charge >= 0.3 is 0 Å². The average Bonchev–Trinajstić information content (AvgIpc) is 3.00. The van der Waals surface area contributed by atoms with Crippen LogP contribution >= 0.6 is 0 Å². The zero-order chi connectivity index (χ0) is 13.4. The summed E-state index contributed by atoms with van der Waals surface area (Å²) in [5.41, 5.74) is 0.990. The van der Waals surface area contributed by atoms with Crippen LogP contribution in [0.2, 0.25) is 0 Å². The van der Waals surface area contributed by atoms with E-state index in [1.807, 2.05) is 30.3 Å². The molecule has 0 saturated carbocycles. The van der Waals surface area contributed by atoms with Gasteiger partial charge in [-0.2, -0.15) is 0 Å². The van der Waals surface area contributed by atoms with Gasteiger partial charge in [0.05, 0.1) is 6.04 Å². The van der Waals surface area contributed by atoms with Crippen LogP contribution in [0.1, 0.15) is 54.0 Å². The monoisotopic (exact) mass is 259 g/mol. The smallest absolute Gasteiger partial charge is 0.217 e. The first-order valence-corrected chi connectivity index (χ1v) is 6.39. The lowest BCUT2D eigenvalue weighted by Crippen LogP contribution is -2.09. The molecule has 4 nitrogen and oxygen atoms in total. The van der Waals surface area contributed by atoms with E-state index in [1.54, 1.807) is 11.6 Å². The molecule has 1 aromatic heterocycles. The first-order chi connectivity index (χ1) is 9.20. The molecule has 0 fully saturated rings. The van der Waals surface area contributed by atoms with E-state index in [9.17, 15) is 9.18 Å². The molecule has 98 valence electrons. The van der Waals surface area contributed by atoms with Crippen LogP contribution in [0.4, 0.5) is 4.39 Å². The van der Waals surface area contributed by atoms with Crippen molar-refractivity contribution >= 4 is 5.78 Å². The Kier molecular flexibility index (Phi) is 2.89. The SMILES string of the molecule is CCC(=O)c1nc2n(n1)[C@@H](c1ccccc1)C[C@H]2F. The van der Waals surface area contributed by atoms with Crippen molar-refractivity contribution in [2.24, 2.45) is 0 Å². The maximum atomic E-state index is 14.0. The predicted molar refractivity (Wildman–Crippen MR) is 67.7 cm³/mol. The molecule has 0 unspecified atom stereocenters. The molecule has 2 atom stereocenters. The molecule has 2 aromatic rings. The Morgan fingerprint density at radius 1 is 1.42 bits per heavy atom. The Bertz CT molecular complexity index is 608. The van der Waals surface area contributed by atoms with E-state index >= 15 is 0 Å². The summed E-state index contributed by atoms with van der Waals surface area (Å²) in [6.07, 6.45) is -0.493. The Morgan fingerprint density at radius 2 is 2.16 bits per heavy atom. The molecular formula is C14H14FN3O. The highest BCUT2D eigenvalue weighted by Crippen LogP contribution is 2.39. The number of nitrogens with zero attached hydrogens (tertiary/aromatic N) is 3. The van der Waals surface area contributed by atoms with Crippen molar-refractivity contribution in [2.75, 3.05) is 0 Å². The molecule has 5 heteroatoms. The van der Waals surface area contributed by atoms with E-state index in [0.717, 1.165) is 5.56 Å². The number of aromatic nitrogens is 3.